The first-order valence-corrected chi connectivity index (χ1v) is 9.76. The predicted octanol–water partition coefficient (Wildman–Crippen LogP) is 4.25. The van der Waals surface area contributed by atoms with Gasteiger partial charge < -0.3 is 9.88 Å². The molecule has 2 amide bonds. The quantitative estimate of drug-likeness (QED) is 0.649. The summed E-state index contributed by atoms with van der Waals surface area (Å²) in [4.78, 5) is 29.1. The van der Waals surface area contributed by atoms with E-state index >= 15 is 0 Å². The molecule has 3 aromatic rings. The number of hydrogen-bond acceptors (Lipinski definition) is 4. The summed E-state index contributed by atoms with van der Waals surface area (Å²) in [5.74, 6) is 0.330. The van der Waals surface area contributed by atoms with Crippen LogP contribution in [0, 0.1) is 5.92 Å². The lowest BCUT2D eigenvalue weighted by Crippen LogP contribution is -2.15. The summed E-state index contributed by atoms with van der Waals surface area (Å²) in [6.45, 7) is 0.502. The van der Waals surface area contributed by atoms with Crippen molar-refractivity contribution in [1.29, 1.82) is 0 Å². The number of thiophene rings is 1. The highest BCUT2D eigenvalue weighted by Gasteiger charge is 2.29. The van der Waals surface area contributed by atoms with Gasteiger partial charge in [0.2, 0.25) is 11.9 Å². The van der Waals surface area contributed by atoms with E-state index in [1.165, 1.54) is 11.3 Å². The second-order valence-corrected chi connectivity index (χ2v) is 7.84. The molecule has 0 saturated heterocycles. The largest absolute Gasteiger partial charge is 0.317 e. The van der Waals surface area contributed by atoms with E-state index in [0.29, 0.717) is 27.4 Å². The molecule has 4 rings (SSSR count). The highest BCUT2D eigenvalue weighted by molar-refractivity contribution is 7.18. The van der Waals surface area contributed by atoms with Crippen molar-refractivity contribution in [1.82, 2.24) is 9.55 Å². The fourth-order valence-electron chi connectivity index (χ4n) is 2.63. The van der Waals surface area contributed by atoms with Crippen LogP contribution in [-0.2, 0) is 11.3 Å². The van der Waals surface area contributed by atoms with Crippen LogP contribution in [0.1, 0.15) is 28.1 Å². The summed E-state index contributed by atoms with van der Waals surface area (Å²) in [5.41, 5.74) is 0.939. The molecule has 0 spiro atoms. The minimum absolute atomic E-state index is 0.0269. The van der Waals surface area contributed by atoms with E-state index < -0.39 is 0 Å². The Balaban J connectivity index is 1.43. The van der Waals surface area contributed by atoms with Crippen LogP contribution in [0.15, 0.2) is 48.8 Å². The van der Waals surface area contributed by atoms with E-state index in [2.05, 4.69) is 15.6 Å². The van der Waals surface area contributed by atoms with Crippen molar-refractivity contribution in [2.24, 2.45) is 5.92 Å². The molecular formula is C19H17ClN4O2S. The number of hydrogen-bond donors (Lipinski definition) is 2. The first kappa shape index (κ1) is 17.8. The number of nitrogens with one attached hydrogen (secondary N) is 2. The molecule has 1 aliphatic carbocycles. The maximum absolute atomic E-state index is 12.5. The van der Waals surface area contributed by atoms with Crippen LogP contribution in [0.3, 0.4) is 0 Å². The van der Waals surface area contributed by atoms with Crippen LogP contribution < -0.4 is 10.6 Å². The zero-order chi connectivity index (χ0) is 18.8. The molecule has 2 N–H and O–H groups in total. The van der Waals surface area contributed by atoms with Crippen LogP contribution in [-0.4, -0.2) is 21.4 Å². The maximum Gasteiger partial charge on any atom is 0.268 e. The van der Waals surface area contributed by atoms with Gasteiger partial charge in [0.25, 0.3) is 5.91 Å². The third kappa shape index (κ3) is 4.20. The van der Waals surface area contributed by atoms with E-state index in [4.69, 9.17) is 11.6 Å². The van der Waals surface area contributed by atoms with Gasteiger partial charge in [-0.2, -0.15) is 0 Å². The molecule has 1 fully saturated rings. The van der Waals surface area contributed by atoms with Crippen LogP contribution in [0.2, 0.25) is 5.02 Å². The molecular weight excluding hydrogens is 384 g/mol. The fraction of sp³-hybridized carbons (Fsp3) is 0.211. The van der Waals surface area contributed by atoms with Gasteiger partial charge in [0.15, 0.2) is 0 Å². The Morgan fingerprint density at radius 3 is 2.78 bits per heavy atom. The molecule has 0 unspecified atom stereocenters. The molecule has 0 radical (unpaired) electrons. The van der Waals surface area contributed by atoms with Gasteiger partial charge >= 0.3 is 0 Å². The van der Waals surface area contributed by atoms with Gasteiger partial charge in [-0.1, -0.05) is 29.8 Å². The van der Waals surface area contributed by atoms with E-state index in [-0.39, 0.29) is 17.7 Å². The highest BCUT2D eigenvalue weighted by atomic mass is 35.5. The topological polar surface area (TPSA) is 76.0 Å². The number of carbonyl (C=O) groups excluding carboxylic acids is 2. The zero-order valence-electron chi connectivity index (χ0n) is 14.3. The molecule has 0 aliphatic heterocycles. The van der Waals surface area contributed by atoms with Crippen molar-refractivity contribution in [3.05, 3.63) is 64.3 Å². The Morgan fingerprint density at radius 2 is 2.00 bits per heavy atom. The summed E-state index contributed by atoms with van der Waals surface area (Å²) in [5, 5.41) is 7.01. The normalized spacial score (nSPS) is 13.4. The lowest BCUT2D eigenvalue weighted by molar-refractivity contribution is -0.117. The summed E-state index contributed by atoms with van der Waals surface area (Å²) < 4.78 is 1.82. The van der Waals surface area contributed by atoms with E-state index in [0.717, 1.165) is 18.4 Å². The molecule has 27 heavy (non-hydrogen) atoms. The predicted molar refractivity (Wildman–Crippen MR) is 106 cm³/mol. The molecule has 2 heterocycles. The first-order chi connectivity index (χ1) is 13.1. The van der Waals surface area contributed by atoms with Gasteiger partial charge in [-0.3, -0.25) is 14.9 Å². The Morgan fingerprint density at radius 1 is 1.19 bits per heavy atom. The zero-order valence-corrected chi connectivity index (χ0v) is 15.9. The Hall–Kier alpha value is -2.64. The van der Waals surface area contributed by atoms with Crippen molar-refractivity contribution in [3.63, 3.8) is 0 Å². The number of halogens is 1. The summed E-state index contributed by atoms with van der Waals surface area (Å²) in [6, 6.07) is 11.0. The Kier molecular flexibility index (Phi) is 4.96. The smallest absolute Gasteiger partial charge is 0.268 e. The SMILES string of the molecule is O=C(Nc1nccn1Cc1ccccc1Cl)c1ccc(NC(=O)C2CC2)s1. The van der Waals surface area contributed by atoms with Crippen LogP contribution in [0.25, 0.3) is 0 Å². The summed E-state index contributed by atoms with van der Waals surface area (Å²) >= 11 is 7.46. The molecule has 138 valence electrons. The van der Waals surface area contributed by atoms with Crippen LogP contribution in [0.5, 0.6) is 0 Å². The molecule has 0 bridgehead atoms. The van der Waals surface area contributed by atoms with Gasteiger partial charge in [-0.15, -0.1) is 11.3 Å². The fourth-order valence-corrected chi connectivity index (χ4v) is 3.63. The van der Waals surface area contributed by atoms with E-state index in [9.17, 15) is 9.59 Å². The van der Waals surface area contributed by atoms with Gasteiger partial charge in [0.05, 0.1) is 16.4 Å². The molecule has 0 atom stereocenters. The van der Waals surface area contributed by atoms with Crippen molar-refractivity contribution < 1.29 is 9.59 Å². The maximum atomic E-state index is 12.5. The minimum Gasteiger partial charge on any atom is -0.317 e. The second kappa shape index (κ2) is 7.54. The molecule has 6 nitrogen and oxygen atoms in total. The average Bonchev–Trinajstić information content (AvgIpc) is 3.27. The Labute approximate surface area is 165 Å². The van der Waals surface area contributed by atoms with Crippen LogP contribution >= 0.6 is 22.9 Å². The Bertz CT molecular complexity index is 993. The summed E-state index contributed by atoms with van der Waals surface area (Å²) in [7, 11) is 0. The van der Waals surface area contributed by atoms with Crippen molar-refractivity contribution in [2.45, 2.75) is 19.4 Å². The average molecular weight is 401 g/mol. The van der Waals surface area contributed by atoms with Crippen molar-refractivity contribution >= 4 is 45.7 Å². The first-order valence-electron chi connectivity index (χ1n) is 8.57. The standard InChI is InChI=1S/C19H17ClN4O2S/c20-14-4-2-1-3-13(14)11-24-10-9-21-19(24)23-18(26)15-7-8-16(27-15)22-17(25)12-5-6-12/h1-4,7-10,12H,5-6,11H2,(H,22,25)(H,21,23,26). The molecule has 2 aromatic heterocycles. The van der Waals surface area contributed by atoms with E-state index in [1.807, 2.05) is 28.8 Å². The number of imidazole rings is 1. The number of nitrogens with zero attached hydrogens (tertiary/aromatic N) is 2. The number of anilines is 2. The monoisotopic (exact) mass is 400 g/mol. The van der Waals surface area contributed by atoms with Crippen LogP contribution in [0.4, 0.5) is 10.9 Å². The molecule has 1 aromatic carbocycles. The minimum atomic E-state index is -0.265. The van der Waals surface area contributed by atoms with Gasteiger partial charge in [-0.05, 0) is 36.6 Å². The van der Waals surface area contributed by atoms with Gasteiger partial charge in [-0.25, -0.2) is 4.98 Å². The molecule has 8 heteroatoms. The summed E-state index contributed by atoms with van der Waals surface area (Å²) in [6.07, 6.45) is 5.30. The highest BCUT2D eigenvalue weighted by Crippen LogP contribution is 2.31. The lowest BCUT2D eigenvalue weighted by Gasteiger charge is -2.09. The number of benzene rings is 1. The van der Waals surface area contributed by atoms with Crippen molar-refractivity contribution in [3.8, 4) is 0 Å². The third-order valence-electron chi connectivity index (χ3n) is 4.26. The number of aromatic nitrogens is 2. The number of rotatable bonds is 6. The van der Waals surface area contributed by atoms with E-state index in [1.54, 1.807) is 24.5 Å². The second-order valence-electron chi connectivity index (χ2n) is 6.35. The van der Waals surface area contributed by atoms with Gasteiger partial charge in [0, 0.05) is 23.3 Å². The molecule has 1 saturated carbocycles. The van der Waals surface area contributed by atoms with Crippen molar-refractivity contribution in [2.75, 3.05) is 10.6 Å². The third-order valence-corrected chi connectivity index (χ3v) is 5.63. The van der Waals surface area contributed by atoms with Gasteiger partial charge in [0.1, 0.15) is 0 Å². The number of amides is 2. The number of carbonyl (C=O) groups is 2. The lowest BCUT2D eigenvalue weighted by atomic mass is 10.2. The molecule has 1 aliphatic rings.